The molecule has 1 saturated heterocycles. The van der Waals surface area contributed by atoms with Gasteiger partial charge in [0.2, 0.25) is 11.3 Å². The Morgan fingerprint density at radius 1 is 1.22 bits per heavy atom. The number of benzene rings is 1. The zero-order valence-corrected chi connectivity index (χ0v) is 18.4. The zero-order valence-electron chi connectivity index (χ0n) is 17.5. The predicted octanol–water partition coefficient (Wildman–Crippen LogP) is 3.03. The summed E-state index contributed by atoms with van der Waals surface area (Å²) in [5.41, 5.74) is -0.126. The highest BCUT2D eigenvalue weighted by Gasteiger charge is 2.34. The van der Waals surface area contributed by atoms with Crippen molar-refractivity contribution >= 4 is 40.2 Å². The third kappa shape index (κ3) is 2.94. The van der Waals surface area contributed by atoms with Crippen LogP contribution < -0.4 is 21.1 Å². The Hall–Kier alpha value is -3.21. The number of nitrogens with zero attached hydrogens (tertiary/aromatic N) is 3. The van der Waals surface area contributed by atoms with Gasteiger partial charge in [0.25, 0.3) is 0 Å². The lowest BCUT2D eigenvalue weighted by molar-refractivity contribution is 0.0689. The van der Waals surface area contributed by atoms with E-state index in [0.717, 1.165) is 6.07 Å². The number of carboxylic acid groups (broad SMARTS) is 1. The minimum absolute atomic E-state index is 0.0571. The van der Waals surface area contributed by atoms with Gasteiger partial charge in [-0.15, -0.1) is 0 Å². The Balaban J connectivity index is 1.56. The van der Waals surface area contributed by atoms with E-state index in [4.69, 9.17) is 8.83 Å². The number of aromatic carboxylic acids is 1. The van der Waals surface area contributed by atoms with Gasteiger partial charge in [0, 0.05) is 31.1 Å². The lowest BCUT2D eigenvalue weighted by atomic mass is 10.1. The van der Waals surface area contributed by atoms with Gasteiger partial charge in [0.05, 0.1) is 21.6 Å². The molecule has 0 saturated carbocycles. The molecule has 0 amide bonds. The first-order chi connectivity index (χ1) is 15.2. The molecular formula is C21H20FN3O6S. The molecule has 5 rings (SSSR count). The van der Waals surface area contributed by atoms with Crippen molar-refractivity contribution in [2.75, 3.05) is 29.4 Å². The largest absolute Gasteiger partial charge is 0.520 e. The Morgan fingerprint density at radius 3 is 2.56 bits per heavy atom. The summed E-state index contributed by atoms with van der Waals surface area (Å²) in [5, 5.41) is 9.87. The van der Waals surface area contributed by atoms with Crippen LogP contribution in [0, 0.1) is 12.7 Å². The molecule has 1 N–H and O–H groups in total. The van der Waals surface area contributed by atoms with Gasteiger partial charge in [-0.2, -0.15) is 0 Å². The molecule has 168 valence electrons. The monoisotopic (exact) mass is 461 g/mol. The van der Waals surface area contributed by atoms with Crippen LogP contribution in [0.2, 0.25) is 0 Å². The number of halogens is 1. The van der Waals surface area contributed by atoms with Crippen molar-refractivity contribution in [1.29, 1.82) is 0 Å². The van der Waals surface area contributed by atoms with Crippen molar-refractivity contribution < 1.29 is 23.1 Å². The first-order valence-electron chi connectivity index (χ1n) is 10.1. The molecule has 0 aliphatic carbocycles. The molecular weight excluding hydrogens is 441 g/mol. The van der Waals surface area contributed by atoms with Crippen molar-refractivity contribution in [1.82, 2.24) is 4.57 Å². The maximum atomic E-state index is 15.2. The van der Waals surface area contributed by atoms with Crippen LogP contribution in [0.4, 0.5) is 16.0 Å². The molecule has 0 spiro atoms. The molecule has 11 heteroatoms. The summed E-state index contributed by atoms with van der Waals surface area (Å²) >= 11 is 1.31. The van der Waals surface area contributed by atoms with Crippen molar-refractivity contribution in [2.45, 2.75) is 37.2 Å². The second-order valence-corrected chi connectivity index (χ2v) is 9.33. The average molecular weight is 461 g/mol. The number of carboxylic acids is 1. The van der Waals surface area contributed by atoms with Gasteiger partial charge in [-0.1, -0.05) is 11.8 Å². The van der Waals surface area contributed by atoms with Gasteiger partial charge in [0.15, 0.2) is 5.76 Å². The minimum atomic E-state index is -1.31. The molecule has 3 aromatic rings. The van der Waals surface area contributed by atoms with Crippen LogP contribution in [0.25, 0.3) is 10.9 Å². The number of hydrogen-bond donors (Lipinski definition) is 1. The minimum Gasteiger partial charge on any atom is -0.477 e. The number of fused-ring (bicyclic) bond motifs is 3. The summed E-state index contributed by atoms with van der Waals surface area (Å²) in [5.74, 6) is -1.88. The van der Waals surface area contributed by atoms with Crippen molar-refractivity contribution in [2.24, 2.45) is 0 Å². The molecule has 9 nitrogen and oxygen atoms in total. The SMILES string of the molecule is Cc1oc(=O)oc1N1CCN(c2cc3c(cc2F)c(=O)c(C(=O)O)c2n3[C@@H](C)S2)[C@H](C)C1. The Labute approximate surface area is 185 Å². The van der Waals surface area contributed by atoms with Gasteiger partial charge < -0.3 is 28.3 Å². The van der Waals surface area contributed by atoms with Crippen molar-refractivity contribution in [3.05, 3.63) is 50.1 Å². The second-order valence-electron chi connectivity index (χ2n) is 8.03. The summed E-state index contributed by atoms with van der Waals surface area (Å²) in [6.07, 6.45) is 0. The Bertz CT molecular complexity index is 1390. The normalized spacial score (nSPS) is 20.4. The van der Waals surface area contributed by atoms with E-state index in [9.17, 15) is 19.5 Å². The van der Waals surface area contributed by atoms with E-state index in [0.29, 0.717) is 47.5 Å². The number of aryl methyl sites for hydroxylation is 1. The maximum Gasteiger partial charge on any atom is 0.520 e. The highest BCUT2D eigenvalue weighted by atomic mass is 32.2. The molecule has 2 atom stereocenters. The second kappa shape index (κ2) is 7.16. The van der Waals surface area contributed by atoms with Crippen LogP contribution in [0.3, 0.4) is 0 Å². The number of piperazine rings is 1. The molecule has 32 heavy (non-hydrogen) atoms. The first kappa shape index (κ1) is 20.7. The number of thioether (sulfide) groups is 1. The smallest absolute Gasteiger partial charge is 0.477 e. The molecule has 2 aliphatic heterocycles. The summed E-state index contributed by atoms with van der Waals surface area (Å²) in [7, 11) is 0. The number of anilines is 2. The van der Waals surface area contributed by atoms with Crippen molar-refractivity contribution in [3.8, 4) is 0 Å². The van der Waals surface area contributed by atoms with Crippen molar-refractivity contribution in [3.63, 3.8) is 0 Å². The van der Waals surface area contributed by atoms with E-state index in [1.807, 2.05) is 23.6 Å². The Kier molecular flexibility index (Phi) is 4.63. The number of aromatic nitrogens is 1. The summed E-state index contributed by atoms with van der Waals surface area (Å²) in [6, 6.07) is 2.64. The highest BCUT2D eigenvalue weighted by Crippen LogP contribution is 2.46. The summed E-state index contributed by atoms with van der Waals surface area (Å²) in [4.78, 5) is 39.6. The fourth-order valence-electron chi connectivity index (χ4n) is 4.57. The van der Waals surface area contributed by atoms with E-state index in [1.54, 1.807) is 17.6 Å². The molecule has 2 aromatic heterocycles. The van der Waals surface area contributed by atoms with Gasteiger partial charge in [0.1, 0.15) is 11.4 Å². The average Bonchev–Trinajstić information content (AvgIpc) is 3.05. The molecule has 0 radical (unpaired) electrons. The zero-order chi connectivity index (χ0) is 22.9. The van der Waals surface area contributed by atoms with Crippen LogP contribution in [-0.4, -0.2) is 41.3 Å². The fourth-order valence-corrected chi connectivity index (χ4v) is 5.73. The number of hydrogen-bond acceptors (Lipinski definition) is 8. The number of pyridine rings is 1. The van der Waals surface area contributed by atoms with Gasteiger partial charge in [-0.05, 0) is 32.9 Å². The van der Waals surface area contributed by atoms with Crippen LogP contribution >= 0.6 is 11.8 Å². The third-order valence-electron chi connectivity index (χ3n) is 6.03. The Morgan fingerprint density at radius 2 is 1.97 bits per heavy atom. The molecule has 0 bridgehead atoms. The summed E-state index contributed by atoms with van der Waals surface area (Å²) in [6.45, 7) is 6.89. The lowest BCUT2D eigenvalue weighted by Gasteiger charge is -2.41. The van der Waals surface area contributed by atoms with Crippen LogP contribution in [0.5, 0.6) is 0 Å². The van der Waals surface area contributed by atoms with E-state index < -0.39 is 23.0 Å². The van der Waals surface area contributed by atoms with Gasteiger partial charge in [-0.25, -0.2) is 14.0 Å². The number of rotatable bonds is 3. The lowest BCUT2D eigenvalue weighted by Crippen LogP contribution is -2.52. The van der Waals surface area contributed by atoms with Crippen LogP contribution in [0.15, 0.2) is 35.6 Å². The molecule has 2 aliphatic rings. The highest BCUT2D eigenvalue weighted by molar-refractivity contribution is 8.00. The fraction of sp³-hybridized carbons (Fsp3) is 0.381. The van der Waals surface area contributed by atoms with Gasteiger partial charge >= 0.3 is 11.8 Å². The van der Waals surface area contributed by atoms with E-state index in [2.05, 4.69) is 0 Å². The quantitative estimate of drug-likeness (QED) is 0.629. The molecule has 4 heterocycles. The predicted molar refractivity (Wildman–Crippen MR) is 117 cm³/mol. The standard InChI is InChI=1S/C21H20FN3O6S/c1-9-8-23(18-10(2)30-21(29)31-18)4-5-24(9)15-7-14-12(6-13(15)22)17(26)16(20(27)28)19-25(14)11(3)32-19/h6-7,9,11H,4-5,8H2,1-3H3,(H,27,28)/t9-,11-/m1/s1. The first-order valence-corrected chi connectivity index (χ1v) is 11.0. The molecule has 0 unspecified atom stereocenters. The third-order valence-corrected chi connectivity index (χ3v) is 7.21. The van der Waals surface area contributed by atoms with E-state index in [1.165, 1.54) is 11.8 Å². The number of carbonyl (C=O) groups is 1. The molecule has 1 aromatic carbocycles. The van der Waals surface area contributed by atoms with Crippen LogP contribution in [0.1, 0.15) is 35.3 Å². The van der Waals surface area contributed by atoms with E-state index in [-0.39, 0.29) is 22.4 Å². The summed E-state index contributed by atoms with van der Waals surface area (Å²) < 4.78 is 27.1. The van der Waals surface area contributed by atoms with E-state index >= 15 is 4.39 Å². The molecule has 1 fully saturated rings. The van der Waals surface area contributed by atoms with Gasteiger partial charge in [-0.3, -0.25) is 4.79 Å². The van der Waals surface area contributed by atoms with Crippen LogP contribution in [-0.2, 0) is 0 Å². The topological polar surface area (TPSA) is 109 Å². The maximum absolute atomic E-state index is 15.2.